The van der Waals surface area contributed by atoms with Crippen molar-refractivity contribution in [2.45, 2.75) is 19.1 Å². The number of amides is 3. The molecule has 39 heavy (non-hydrogen) atoms. The predicted molar refractivity (Wildman–Crippen MR) is 134 cm³/mol. The van der Waals surface area contributed by atoms with Crippen molar-refractivity contribution in [2.75, 3.05) is 25.2 Å². The molecule has 1 aliphatic rings. The number of nitrogens with two attached hydrogens (primary N) is 1. The quantitative estimate of drug-likeness (QED) is 0.168. The highest BCUT2D eigenvalue weighted by Crippen LogP contribution is 2.37. The predicted octanol–water partition coefficient (Wildman–Crippen LogP) is 2.33. The molecule has 0 bridgehead atoms. The normalized spacial score (nSPS) is 16.5. The molecule has 0 unspecified atom stereocenters. The van der Waals surface area contributed by atoms with Gasteiger partial charge in [-0.05, 0) is 37.3 Å². The molecular weight excluding hydrogens is 521 g/mol. The van der Waals surface area contributed by atoms with Crippen LogP contribution < -0.4 is 16.0 Å². The first-order valence-electron chi connectivity index (χ1n) is 11.1. The molecule has 5 N–H and O–H groups in total. The maximum atomic E-state index is 13.4. The second-order valence-corrected chi connectivity index (χ2v) is 7.85. The van der Waals surface area contributed by atoms with Gasteiger partial charge in [-0.2, -0.15) is 18.4 Å². The Morgan fingerprint density at radius 1 is 1.33 bits per heavy atom. The molecule has 0 spiro atoms. The number of methoxy groups -OCH3 is 1. The Labute approximate surface area is 221 Å². The van der Waals surface area contributed by atoms with Crippen LogP contribution in [0.1, 0.15) is 12.5 Å². The van der Waals surface area contributed by atoms with Crippen LogP contribution in [0.4, 0.5) is 23.7 Å². The van der Waals surface area contributed by atoms with E-state index in [4.69, 9.17) is 21.0 Å². The Morgan fingerprint density at radius 3 is 2.51 bits per heavy atom. The zero-order valence-electron chi connectivity index (χ0n) is 20.9. The summed E-state index contributed by atoms with van der Waals surface area (Å²) in [6.45, 7) is 4.05. The van der Waals surface area contributed by atoms with Crippen molar-refractivity contribution in [3.8, 4) is 6.07 Å². The molecule has 206 valence electrons. The summed E-state index contributed by atoms with van der Waals surface area (Å²) in [7, 11) is 1.00. The van der Waals surface area contributed by atoms with E-state index in [-0.39, 0.29) is 29.1 Å². The molecule has 0 aromatic heterocycles. The number of halogens is 3. The summed E-state index contributed by atoms with van der Waals surface area (Å²) in [5, 5.41) is 29.5. The molecule has 1 aliphatic heterocycles. The van der Waals surface area contributed by atoms with Crippen LogP contribution in [0, 0.1) is 16.7 Å². The minimum Gasteiger partial charge on any atom is -0.466 e. The number of nitrogens with zero attached hydrogens (tertiary/aromatic N) is 3. The summed E-state index contributed by atoms with van der Waals surface area (Å²) in [5.74, 6) is -2.76. The average Bonchev–Trinajstić information content (AvgIpc) is 2.88. The van der Waals surface area contributed by atoms with E-state index in [1.54, 1.807) is 0 Å². The first-order valence-corrected chi connectivity index (χ1v) is 11.1. The van der Waals surface area contributed by atoms with E-state index >= 15 is 0 Å². The number of nitrogens with one attached hydrogen (secondary N) is 2. The van der Waals surface area contributed by atoms with E-state index in [9.17, 15) is 32.8 Å². The van der Waals surface area contributed by atoms with Gasteiger partial charge in [-0.1, -0.05) is 18.7 Å². The standard InChI is InChI=1S/C25H25F3N6O5/c1-4-15(13-29)8-9-18(21(36)32-10-11-35)20-19(22(37)39-3)14(2)33(23(30)34(20)24(31)38)17-7-5-6-16(12-17)25(26,27)28/h4-9,12,20,30,35H,1,10-11H2,2-3H3,(H2,31,38)(H,32,36)/b15-8+,18-9-,30-23?/t20-/m1/s1. The molecule has 0 saturated heterocycles. The lowest BCUT2D eigenvalue weighted by Crippen LogP contribution is -2.60. The number of hydrogen-bond donors (Lipinski definition) is 4. The third-order valence-electron chi connectivity index (χ3n) is 5.52. The number of primary amides is 1. The smallest absolute Gasteiger partial charge is 0.416 e. The van der Waals surface area contributed by atoms with E-state index in [2.05, 4.69) is 11.9 Å². The van der Waals surface area contributed by atoms with Crippen molar-refractivity contribution >= 4 is 29.6 Å². The van der Waals surface area contributed by atoms with Gasteiger partial charge in [0.2, 0.25) is 11.9 Å². The van der Waals surface area contributed by atoms with Gasteiger partial charge >= 0.3 is 18.2 Å². The molecular formula is C25H25F3N6O5. The number of rotatable bonds is 8. The van der Waals surface area contributed by atoms with Gasteiger partial charge in [0.05, 0.1) is 36.5 Å². The molecule has 3 amide bonds. The van der Waals surface area contributed by atoms with Crippen molar-refractivity contribution in [1.29, 1.82) is 10.7 Å². The fourth-order valence-corrected chi connectivity index (χ4v) is 3.76. The van der Waals surface area contributed by atoms with E-state index in [1.807, 2.05) is 6.07 Å². The lowest BCUT2D eigenvalue weighted by molar-refractivity contribution is -0.138. The summed E-state index contributed by atoms with van der Waals surface area (Å²) in [5.41, 5.74) is 3.36. The monoisotopic (exact) mass is 546 g/mol. The number of benzene rings is 1. The third kappa shape index (κ3) is 6.51. The third-order valence-corrected chi connectivity index (χ3v) is 5.52. The average molecular weight is 547 g/mol. The summed E-state index contributed by atoms with van der Waals surface area (Å²) in [6.07, 6.45) is -1.31. The largest absolute Gasteiger partial charge is 0.466 e. The van der Waals surface area contributed by atoms with E-state index in [1.165, 1.54) is 19.1 Å². The van der Waals surface area contributed by atoms with Crippen LogP contribution in [0.15, 0.2) is 71.5 Å². The maximum absolute atomic E-state index is 13.4. The first-order chi connectivity index (χ1) is 18.3. The summed E-state index contributed by atoms with van der Waals surface area (Å²) in [6, 6.07) is 2.59. The van der Waals surface area contributed by atoms with Gasteiger partial charge < -0.3 is 20.9 Å². The summed E-state index contributed by atoms with van der Waals surface area (Å²) >= 11 is 0. The molecule has 1 heterocycles. The number of carbonyl (C=O) groups excluding carboxylic acids is 3. The fourth-order valence-electron chi connectivity index (χ4n) is 3.76. The topological polar surface area (TPSA) is 173 Å². The van der Waals surface area contributed by atoms with Crippen molar-refractivity contribution in [2.24, 2.45) is 5.73 Å². The van der Waals surface area contributed by atoms with Gasteiger partial charge in [-0.25, -0.2) is 9.59 Å². The number of aliphatic hydroxyl groups excluding tert-OH is 1. The number of guanidine groups is 1. The highest BCUT2D eigenvalue weighted by atomic mass is 19.4. The van der Waals surface area contributed by atoms with Crippen molar-refractivity contribution in [3.63, 3.8) is 0 Å². The Bertz CT molecular complexity index is 1330. The number of nitriles is 1. The van der Waals surface area contributed by atoms with Gasteiger partial charge in [0.25, 0.3) is 0 Å². The molecule has 0 radical (unpaired) electrons. The number of aliphatic hydroxyl groups is 1. The fraction of sp³-hybridized carbons (Fsp3) is 0.240. The highest BCUT2D eigenvalue weighted by Gasteiger charge is 2.46. The van der Waals surface area contributed by atoms with Crippen LogP contribution in [-0.4, -0.2) is 60.2 Å². The molecule has 2 rings (SSSR count). The molecule has 1 aromatic rings. The van der Waals surface area contributed by atoms with Crippen molar-refractivity contribution in [3.05, 3.63) is 77.1 Å². The van der Waals surface area contributed by atoms with E-state index in [0.29, 0.717) is 11.0 Å². The van der Waals surface area contributed by atoms with Crippen LogP contribution in [0.5, 0.6) is 0 Å². The number of anilines is 1. The second-order valence-electron chi connectivity index (χ2n) is 7.85. The zero-order valence-corrected chi connectivity index (χ0v) is 20.9. The number of alkyl halides is 3. The van der Waals surface area contributed by atoms with Crippen LogP contribution >= 0.6 is 0 Å². The number of urea groups is 1. The molecule has 0 aliphatic carbocycles. The van der Waals surface area contributed by atoms with Gasteiger partial charge in [0.1, 0.15) is 6.04 Å². The zero-order chi connectivity index (χ0) is 29.5. The lowest BCUT2D eigenvalue weighted by atomic mass is 9.91. The number of carbonyl (C=O) groups is 3. The van der Waals surface area contributed by atoms with Crippen LogP contribution in [0.3, 0.4) is 0 Å². The van der Waals surface area contributed by atoms with Crippen LogP contribution in [-0.2, 0) is 20.5 Å². The number of ether oxygens (including phenoxy) is 1. The Balaban J connectivity index is 2.95. The minimum atomic E-state index is -4.74. The van der Waals surface area contributed by atoms with Crippen LogP contribution in [0.2, 0.25) is 0 Å². The molecule has 11 nitrogen and oxygen atoms in total. The second kappa shape index (κ2) is 12.6. The molecule has 1 atom stereocenters. The molecule has 0 saturated carbocycles. The molecule has 1 aromatic carbocycles. The first kappa shape index (κ1) is 30.3. The highest BCUT2D eigenvalue weighted by molar-refractivity contribution is 6.13. The van der Waals surface area contributed by atoms with E-state index < -0.39 is 53.8 Å². The number of esters is 1. The Kier molecular flexibility index (Phi) is 9.77. The molecule has 14 heteroatoms. The van der Waals surface area contributed by atoms with Crippen LogP contribution in [0.25, 0.3) is 0 Å². The van der Waals surface area contributed by atoms with Crippen molar-refractivity contribution in [1.82, 2.24) is 10.2 Å². The van der Waals surface area contributed by atoms with E-state index in [0.717, 1.165) is 36.3 Å². The number of hydrogen-bond acceptors (Lipinski definition) is 7. The lowest BCUT2D eigenvalue weighted by Gasteiger charge is -2.43. The maximum Gasteiger partial charge on any atom is 0.416 e. The van der Waals surface area contributed by atoms with Gasteiger partial charge in [-0.3, -0.25) is 20.0 Å². The van der Waals surface area contributed by atoms with Gasteiger partial charge in [0, 0.05) is 23.5 Å². The minimum absolute atomic E-state index is 0.00937. The summed E-state index contributed by atoms with van der Waals surface area (Å²) < 4.78 is 45.1. The Morgan fingerprint density at radius 2 is 2.00 bits per heavy atom. The Hall–Kier alpha value is -4.90. The van der Waals surface area contributed by atoms with Crippen molar-refractivity contribution < 1.29 is 37.4 Å². The number of allylic oxidation sites excluding steroid dienone is 5. The molecule has 0 fully saturated rings. The van der Waals surface area contributed by atoms with Gasteiger partial charge in [0.15, 0.2) is 0 Å². The summed E-state index contributed by atoms with van der Waals surface area (Å²) in [4.78, 5) is 40.3. The SMILES string of the molecule is C=C/C(C#N)=C\C=C(/C(=O)NCCO)[C@@H]1C(C(=O)OC)=C(C)N(c2cccc(C(F)(F)F)c2)C(=N)N1C(N)=O. The van der Waals surface area contributed by atoms with Gasteiger partial charge in [-0.15, -0.1) is 0 Å².